The van der Waals surface area contributed by atoms with Gasteiger partial charge in [0.05, 0.1) is 6.26 Å². The molecular weight excluding hydrogens is 142 g/mol. The summed E-state index contributed by atoms with van der Waals surface area (Å²) in [5.41, 5.74) is 0. The Hall–Kier alpha value is -0.130. The second-order valence-electron chi connectivity index (χ2n) is 2.13. The smallest absolute Gasteiger partial charge is 0.233 e. The molecule has 0 fully saturated rings. The van der Waals surface area contributed by atoms with Gasteiger partial charge >= 0.3 is 0 Å². The van der Waals surface area contributed by atoms with Crippen LogP contribution in [0.1, 0.15) is 13.8 Å². The van der Waals surface area contributed by atoms with Gasteiger partial charge in [-0.25, -0.2) is 8.42 Å². The fourth-order valence-corrected chi connectivity index (χ4v) is 1.15. The van der Waals surface area contributed by atoms with Crippen LogP contribution >= 0.6 is 0 Å². The second-order valence-corrected chi connectivity index (χ2v) is 3.97. The molecule has 0 saturated carbocycles. The first kappa shape index (κ1) is 8.87. The maximum Gasteiger partial charge on any atom is 0.233 e. The van der Waals surface area contributed by atoms with Crippen molar-refractivity contribution < 1.29 is 13.6 Å². The lowest BCUT2D eigenvalue weighted by Crippen LogP contribution is -2.32. The van der Waals surface area contributed by atoms with Gasteiger partial charge in [-0.2, -0.15) is 0 Å². The highest BCUT2D eigenvalue weighted by Gasteiger charge is 2.15. The number of sulfonamides is 1. The molecule has 0 saturated heterocycles. The van der Waals surface area contributed by atoms with Crippen molar-refractivity contribution in [3.8, 4) is 0 Å². The van der Waals surface area contributed by atoms with Crippen LogP contribution in [0.25, 0.3) is 0 Å². The van der Waals surface area contributed by atoms with Crippen LogP contribution in [0.3, 0.4) is 0 Å². The summed E-state index contributed by atoms with van der Waals surface area (Å²) in [6, 6.07) is -0.389. The molecule has 0 aromatic rings. The van der Waals surface area contributed by atoms with Crippen LogP contribution in [-0.4, -0.2) is 30.4 Å². The minimum atomic E-state index is -3.41. The number of hydroxylamine groups is 1. The van der Waals surface area contributed by atoms with Gasteiger partial charge in [-0.15, -0.1) is 0 Å². The third-order valence-corrected chi connectivity index (χ3v) is 1.88. The second kappa shape index (κ2) is 2.64. The predicted octanol–water partition coefficient (Wildman–Crippen LogP) is 0.0456. The van der Waals surface area contributed by atoms with Gasteiger partial charge in [-0.3, -0.25) is 5.21 Å². The van der Waals surface area contributed by atoms with Crippen molar-refractivity contribution >= 4 is 10.0 Å². The monoisotopic (exact) mass is 153 g/mol. The first-order valence-corrected chi connectivity index (χ1v) is 4.39. The highest BCUT2D eigenvalue weighted by molar-refractivity contribution is 7.88. The summed E-state index contributed by atoms with van der Waals surface area (Å²) in [4.78, 5) is 0. The quantitative estimate of drug-likeness (QED) is 0.570. The van der Waals surface area contributed by atoms with Crippen molar-refractivity contribution in [3.05, 3.63) is 0 Å². The Morgan fingerprint density at radius 3 is 1.78 bits per heavy atom. The van der Waals surface area contributed by atoms with E-state index < -0.39 is 10.0 Å². The molecule has 0 amide bonds. The van der Waals surface area contributed by atoms with Crippen LogP contribution < -0.4 is 0 Å². The van der Waals surface area contributed by atoms with Crippen molar-refractivity contribution in [1.29, 1.82) is 0 Å². The van der Waals surface area contributed by atoms with Crippen molar-refractivity contribution in [2.75, 3.05) is 6.26 Å². The number of nitrogens with zero attached hydrogens (tertiary/aromatic N) is 1. The van der Waals surface area contributed by atoms with E-state index in [0.717, 1.165) is 6.26 Å². The lowest BCUT2D eigenvalue weighted by Gasteiger charge is -2.14. The van der Waals surface area contributed by atoms with Crippen molar-refractivity contribution in [1.82, 2.24) is 4.47 Å². The molecule has 5 heteroatoms. The molecule has 0 aromatic carbocycles. The van der Waals surface area contributed by atoms with E-state index in [-0.39, 0.29) is 6.04 Å². The largest absolute Gasteiger partial charge is 0.299 e. The zero-order valence-electron chi connectivity index (χ0n) is 5.70. The fraction of sp³-hybridized carbons (Fsp3) is 1.00. The highest BCUT2D eigenvalue weighted by Crippen LogP contribution is 1.98. The lowest BCUT2D eigenvalue weighted by atomic mass is 10.4. The van der Waals surface area contributed by atoms with Gasteiger partial charge in [-0.05, 0) is 13.8 Å². The molecular formula is C4H11NO3S. The van der Waals surface area contributed by atoms with E-state index in [0.29, 0.717) is 4.47 Å². The van der Waals surface area contributed by atoms with E-state index in [1.54, 1.807) is 13.8 Å². The maximum atomic E-state index is 10.4. The Bertz CT molecular complexity index is 172. The average Bonchev–Trinajstić information content (AvgIpc) is 1.62. The van der Waals surface area contributed by atoms with E-state index in [1.165, 1.54) is 0 Å². The van der Waals surface area contributed by atoms with Crippen LogP contribution in [0.2, 0.25) is 0 Å². The van der Waals surface area contributed by atoms with E-state index in [9.17, 15) is 8.42 Å². The summed E-state index contributed by atoms with van der Waals surface area (Å²) in [5, 5.41) is 8.71. The third kappa shape index (κ3) is 2.78. The Labute approximate surface area is 55.1 Å². The Morgan fingerprint density at radius 1 is 1.44 bits per heavy atom. The Balaban J connectivity index is 4.24. The molecule has 0 aliphatic carbocycles. The van der Waals surface area contributed by atoms with Gasteiger partial charge in [0, 0.05) is 6.04 Å². The molecule has 0 bridgehead atoms. The molecule has 0 aliphatic heterocycles. The third-order valence-electron chi connectivity index (χ3n) is 0.782. The molecule has 0 aliphatic rings. The zero-order chi connectivity index (χ0) is 7.65. The fourth-order valence-electron chi connectivity index (χ4n) is 0.383. The Morgan fingerprint density at radius 2 is 1.78 bits per heavy atom. The van der Waals surface area contributed by atoms with Crippen LogP contribution in [0.4, 0.5) is 0 Å². The molecule has 9 heavy (non-hydrogen) atoms. The Kier molecular flexibility index (Phi) is 2.60. The average molecular weight is 153 g/mol. The van der Waals surface area contributed by atoms with Gasteiger partial charge in [0.15, 0.2) is 0 Å². The first-order chi connectivity index (χ1) is 3.85. The van der Waals surface area contributed by atoms with Crippen LogP contribution in [-0.2, 0) is 10.0 Å². The summed E-state index contributed by atoms with van der Waals surface area (Å²) < 4.78 is 21.2. The van der Waals surface area contributed by atoms with E-state index in [2.05, 4.69) is 0 Å². The van der Waals surface area contributed by atoms with Crippen LogP contribution in [0.15, 0.2) is 0 Å². The summed E-state index contributed by atoms with van der Waals surface area (Å²) in [5.74, 6) is 0. The van der Waals surface area contributed by atoms with Crippen molar-refractivity contribution in [2.24, 2.45) is 0 Å². The van der Waals surface area contributed by atoms with Gasteiger partial charge in [0.2, 0.25) is 10.0 Å². The molecule has 0 aromatic heterocycles. The summed E-state index contributed by atoms with van der Waals surface area (Å²) in [6.45, 7) is 3.17. The highest BCUT2D eigenvalue weighted by atomic mass is 32.2. The van der Waals surface area contributed by atoms with Gasteiger partial charge in [0.1, 0.15) is 0 Å². The normalized spacial score (nSPS) is 13.1. The molecule has 0 spiro atoms. The van der Waals surface area contributed by atoms with Gasteiger partial charge in [0.25, 0.3) is 0 Å². The summed E-state index contributed by atoms with van der Waals surface area (Å²) in [6.07, 6.45) is 0.951. The minimum Gasteiger partial charge on any atom is -0.299 e. The van der Waals surface area contributed by atoms with Gasteiger partial charge < -0.3 is 0 Å². The standard InChI is InChI=1S/C4H11NO3S/c1-4(2)5(6)9(3,7)8/h4,6H,1-3H3. The molecule has 0 heterocycles. The van der Waals surface area contributed by atoms with E-state index in [1.807, 2.05) is 0 Å². The van der Waals surface area contributed by atoms with Crippen LogP contribution in [0, 0.1) is 0 Å². The van der Waals surface area contributed by atoms with Crippen LogP contribution in [0.5, 0.6) is 0 Å². The molecule has 1 N–H and O–H groups in total. The molecule has 0 radical (unpaired) electrons. The van der Waals surface area contributed by atoms with Crippen molar-refractivity contribution in [3.63, 3.8) is 0 Å². The summed E-state index contributed by atoms with van der Waals surface area (Å²) in [7, 11) is -3.41. The number of rotatable bonds is 2. The number of hydrogen-bond donors (Lipinski definition) is 1. The maximum absolute atomic E-state index is 10.4. The molecule has 0 rings (SSSR count). The molecule has 4 nitrogen and oxygen atoms in total. The van der Waals surface area contributed by atoms with E-state index in [4.69, 9.17) is 5.21 Å². The topological polar surface area (TPSA) is 57.6 Å². The zero-order valence-corrected chi connectivity index (χ0v) is 6.51. The minimum absolute atomic E-state index is 0.326. The van der Waals surface area contributed by atoms with Gasteiger partial charge in [-0.1, -0.05) is 4.47 Å². The first-order valence-electron chi connectivity index (χ1n) is 2.54. The molecule has 56 valence electrons. The van der Waals surface area contributed by atoms with Crippen molar-refractivity contribution in [2.45, 2.75) is 19.9 Å². The SMILES string of the molecule is CC(C)N(O)S(C)(=O)=O. The molecule has 0 atom stereocenters. The number of hydrogen-bond acceptors (Lipinski definition) is 3. The summed E-state index contributed by atoms with van der Waals surface area (Å²) >= 11 is 0. The predicted molar refractivity (Wildman–Crippen MR) is 33.6 cm³/mol. The van der Waals surface area contributed by atoms with E-state index >= 15 is 0 Å². The lowest BCUT2D eigenvalue weighted by molar-refractivity contribution is -0.0231. The molecule has 0 unspecified atom stereocenters.